The van der Waals surface area contributed by atoms with Crippen LogP contribution in [0.1, 0.15) is 15.9 Å². The number of rotatable bonds is 5. The largest absolute Gasteiger partial charge is 0.380 e. The van der Waals surface area contributed by atoms with Crippen molar-refractivity contribution in [2.24, 2.45) is 0 Å². The van der Waals surface area contributed by atoms with Crippen LogP contribution in [0.25, 0.3) is 0 Å². The quantitative estimate of drug-likeness (QED) is 0.676. The Balaban J connectivity index is 2.16. The number of amides is 1. The third kappa shape index (κ3) is 3.87. The highest BCUT2D eigenvalue weighted by Gasteiger charge is 2.11. The molecule has 6 nitrogen and oxygen atoms in total. The highest BCUT2D eigenvalue weighted by Crippen LogP contribution is 2.16. The van der Waals surface area contributed by atoms with Gasteiger partial charge in [0.1, 0.15) is 0 Å². The van der Waals surface area contributed by atoms with Gasteiger partial charge in [-0.15, -0.1) is 0 Å². The second-order valence-corrected chi connectivity index (χ2v) is 4.39. The molecule has 6 heteroatoms. The van der Waals surface area contributed by atoms with Gasteiger partial charge < -0.3 is 10.1 Å². The van der Waals surface area contributed by atoms with E-state index in [4.69, 9.17) is 4.74 Å². The lowest BCUT2D eigenvalue weighted by Crippen LogP contribution is -2.12. The number of carbonyl (C=O) groups excluding carboxylic acids is 1. The van der Waals surface area contributed by atoms with Gasteiger partial charge in [0.25, 0.3) is 11.6 Å². The molecule has 0 spiro atoms. The normalized spacial score (nSPS) is 10.1. The number of nitro groups is 1. The summed E-state index contributed by atoms with van der Waals surface area (Å²) in [6.45, 7) is 0.445. The summed E-state index contributed by atoms with van der Waals surface area (Å²) in [4.78, 5) is 22.3. The van der Waals surface area contributed by atoms with Gasteiger partial charge in [-0.3, -0.25) is 14.9 Å². The monoisotopic (exact) mass is 286 g/mol. The van der Waals surface area contributed by atoms with Crippen molar-refractivity contribution in [3.8, 4) is 0 Å². The fourth-order valence-electron chi connectivity index (χ4n) is 1.87. The number of hydrogen-bond donors (Lipinski definition) is 1. The first-order chi connectivity index (χ1) is 10.1. The van der Waals surface area contributed by atoms with Gasteiger partial charge in [-0.05, 0) is 23.8 Å². The van der Waals surface area contributed by atoms with Crippen molar-refractivity contribution in [1.29, 1.82) is 0 Å². The van der Waals surface area contributed by atoms with Crippen LogP contribution >= 0.6 is 0 Å². The fraction of sp³-hybridized carbons (Fsp3) is 0.133. The highest BCUT2D eigenvalue weighted by atomic mass is 16.6. The molecule has 2 aromatic carbocycles. The predicted molar refractivity (Wildman–Crippen MR) is 78.2 cm³/mol. The average Bonchev–Trinajstić information content (AvgIpc) is 2.48. The summed E-state index contributed by atoms with van der Waals surface area (Å²) in [5.41, 5.74) is 1.66. The van der Waals surface area contributed by atoms with E-state index in [1.54, 1.807) is 25.3 Å². The molecule has 1 amide bonds. The number of non-ortho nitro benzene ring substituents is 1. The lowest BCUT2D eigenvalue weighted by atomic mass is 10.1. The van der Waals surface area contributed by atoms with Gasteiger partial charge in [-0.2, -0.15) is 0 Å². The third-order valence-electron chi connectivity index (χ3n) is 2.82. The van der Waals surface area contributed by atoms with Crippen LogP contribution in [0.4, 0.5) is 11.4 Å². The maximum Gasteiger partial charge on any atom is 0.270 e. The summed E-state index contributed by atoms with van der Waals surface area (Å²) in [6, 6.07) is 12.8. The molecule has 21 heavy (non-hydrogen) atoms. The minimum Gasteiger partial charge on any atom is -0.380 e. The predicted octanol–water partition coefficient (Wildman–Crippen LogP) is 2.99. The van der Waals surface area contributed by atoms with E-state index in [1.807, 2.05) is 6.07 Å². The van der Waals surface area contributed by atoms with Gasteiger partial charge >= 0.3 is 0 Å². The van der Waals surface area contributed by atoms with E-state index in [-0.39, 0.29) is 11.3 Å². The summed E-state index contributed by atoms with van der Waals surface area (Å²) in [5.74, 6) is -0.395. The Hall–Kier alpha value is -2.73. The Morgan fingerprint density at radius 3 is 2.71 bits per heavy atom. The number of ether oxygens (including phenoxy) is 1. The van der Waals surface area contributed by atoms with E-state index < -0.39 is 10.8 Å². The van der Waals surface area contributed by atoms with Crippen molar-refractivity contribution in [3.05, 3.63) is 69.8 Å². The van der Waals surface area contributed by atoms with Crippen LogP contribution in [0.3, 0.4) is 0 Å². The zero-order valence-corrected chi connectivity index (χ0v) is 11.4. The first kappa shape index (κ1) is 14.7. The summed E-state index contributed by atoms with van der Waals surface area (Å²) in [5, 5.41) is 13.4. The summed E-state index contributed by atoms with van der Waals surface area (Å²) < 4.78 is 5.03. The van der Waals surface area contributed by atoms with Crippen molar-refractivity contribution in [2.75, 3.05) is 12.4 Å². The molecular formula is C15H14N2O4. The van der Waals surface area contributed by atoms with Crippen LogP contribution in [-0.2, 0) is 11.3 Å². The molecule has 0 atom stereocenters. The molecule has 0 saturated heterocycles. The number of benzene rings is 2. The zero-order valence-electron chi connectivity index (χ0n) is 11.4. The summed E-state index contributed by atoms with van der Waals surface area (Å²) in [7, 11) is 1.59. The lowest BCUT2D eigenvalue weighted by molar-refractivity contribution is -0.384. The molecule has 0 unspecified atom stereocenters. The van der Waals surface area contributed by atoms with Crippen molar-refractivity contribution in [3.63, 3.8) is 0 Å². The standard InChI is InChI=1S/C15H14N2O4/c1-21-10-11-4-2-6-13(8-11)16-15(18)12-5-3-7-14(9-12)17(19)20/h2-9H,10H2,1H3,(H,16,18). The Kier molecular flexibility index (Phi) is 4.63. The average molecular weight is 286 g/mol. The molecule has 1 N–H and O–H groups in total. The third-order valence-corrected chi connectivity index (χ3v) is 2.82. The number of hydrogen-bond acceptors (Lipinski definition) is 4. The second-order valence-electron chi connectivity index (χ2n) is 4.39. The van der Waals surface area contributed by atoms with Crippen molar-refractivity contribution in [1.82, 2.24) is 0 Å². The van der Waals surface area contributed by atoms with E-state index >= 15 is 0 Å². The molecule has 0 aliphatic heterocycles. The summed E-state index contributed by atoms with van der Waals surface area (Å²) in [6.07, 6.45) is 0. The minimum absolute atomic E-state index is 0.115. The molecule has 0 heterocycles. The second kappa shape index (κ2) is 6.62. The van der Waals surface area contributed by atoms with Crippen LogP contribution in [0.5, 0.6) is 0 Å². The molecule has 0 aliphatic carbocycles. The lowest BCUT2D eigenvalue weighted by Gasteiger charge is -2.07. The molecule has 0 bridgehead atoms. The zero-order chi connectivity index (χ0) is 15.2. The molecule has 0 saturated carbocycles. The molecule has 0 aromatic heterocycles. The van der Waals surface area contributed by atoms with Crippen LogP contribution in [0.2, 0.25) is 0 Å². The molecule has 0 fully saturated rings. The highest BCUT2D eigenvalue weighted by molar-refractivity contribution is 6.04. The Morgan fingerprint density at radius 1 is 1.24 bits per heavy atom. The number of nitro benzene ring substituents is 1. The molecule has 0 radical (unpaired) electrons. The van der Waals surface area contributed by atoms with Crippen molar-refractivity contribution in [2.45, 2.75) is 6.61 Å². The van der Waals surface area contributed by atoms with E-state index in [2.05, 4.69) is 5.32 Å². The van der Waals surface area contributed by atoms with E-state index in [9.17, 15) is 14.9 Å². The molecule has 2 rings (SSSR count). The van der Waals surface area contributed by atoms with Gasteiger partial charge in [0.15, 0.2) is 0 Å². The van der Waals surface area contributed by atoms with Gasteiger partial charge in [-0.1, -0.05) is 18.2 Å². The van der Waals surface area contributed by atoms with Crippen molar-refractivity contribution < 1.29 is 14.5 Å². The number of nitrogens with zero attached hydrogens (tertiary/aromatic N) is 1. The molecule has 0 aliphatic rings. The number of anilines is 1. The number of methoxy groups -OCH3 is 1. The summed E-state index contributed by atoms with van der Waals surface area (Å²) >= 11 is 0. The first-order valence-corrected chi connectivity index (χ1v) is 6.24. The van der Waals surface area contributed by atoms with Gasteiger partial charge in [0.2, 0.25) is 0 Å². The van der Waals surface area contributed by atoms with Crippen LogP contribution in [0.15, 0.2) is 48.5 Å². The Bertz CT molecular complexity index is 670. The first-order valence-electron chi connectivity index (χ1n) is 6.24. The Morgan fingerprint density at radius 2 is 2.00 bits per heavy atom. The maximum absolute atomic E-state index is 12.1. The molecular weight excluding hydrogens is 272 g/mol. The van der Waals surface area contributed by atoms with Crippen molar-refractivity contribution >= 4 is 17.3 Å². The van der Waals surface area contributed by atoms with Gasteiger partial charge in [0, 0.05) is 30.5 Å². The fourth-order valence-corrected chi connectivity index (χ4v) is 1.87. The van der Waals surface area contributed by atoms with Crippen LogP contribution < -0.4 is 5.32 Å². The van der Waals surface area contributed by atoms with Crippen LogP contribution in [-0.4, -0.2) is 17.9 Å². The minimum atomic E-state index is -0.532. The smallest absolute Gasteiger partial charge is 0.270 e. The Labute approximate surface area is 121 Å². The number of nitrogens with one attached hydrogen (secondary N) is 1. The van der Waals surface area contributed by atoms with E-state index in [1.165, 1.54) is 24.3 Å². The van der Waals surface area contributed by atoms with Gasteiger partial charge in [0.05, 0.1) is 11.5 Å². The molecule has 108 valence electrons. The van der Waals surface area contributed by atoms with E-state index in [0.717, 1.165) is 5.56 Å². The SMILES string of the molecule is COCc1cccc(NC(=O)c2cccc([N+](=O)[O-])c2)c1. The van der Waals surface area contributed by atoms with E-state index in [0.29, 0.717) is 12.3 Å². The topological polar surface area (TPSA) is 81.5 Å². The number of carbonyl (C=O) groups is 1. The maximum atomic E-state index is 12.1. The molecule has 2 aromatic rings. The van der Waals surface area contributed by atoms with Crippen LogP contribution in [0, 0.1) is 10.1 Å². The van der Waals surface area contributed by atoms with Gasteiger partial charge in [-0.25, -0.2) is 0 Å².